The molecular formula is C7H4N2O. The molecule has 0 aliphatic carbocycles. The number of allylic oxidation sites excluding steroid dienone is 1. The van der Waals surface area contributed by atoms with E-state index in [1.807, 2.05) is 0 Å². The van der Waals surface area contributed by atoms with E-state index in [9.17, 15) is 0 Å². The van der Waals surface area contributed by atoms with Crippen LogP contribution in [0.1, 0.15) is 0 Å². The number of hydrogen-bond acceptors (Lipinski definition) is 3. The fraction of sp³-hybridized carbons (Fsp3) is 0. The maximum absolute atomic E-state index is 5.06. The highest BCUT2D eigenvalue weighted by Crippen LogP contribution is 1.75. The van der Waals surface area contributed by atoms with E-state index in [0.29, 0.717) is 0 Å². The topological polar surface area (TPSA) is 37.9 Å². The van der Waals surface area contributed by atoms with Crippen LogP contribution in [-0.2, 0) is 0 Å². The molecule has 3 heteroatoms. The molecule has 10 heavy (non-hydrogen) atoms. The number of furan rings is 1. The van der Waals surface area contributed by atoms with E-state index >= 15 is 0 Å². The second-order valence-corrected chi connectivity index (χ2v) is 1.83. The lowest BCUT2D eigenvalue weighted by atomic mass is 10.5. The maximum Gasteiger partial charge on any atom is 0.154 e. The van der Waals surface area contributed by atoms with Crippen LogP contribution in [0.2, 0.25) is 0 Å². The van der Waals surface area contributed by atoms with Crippen LogP contribution in [0.5, 0.6) is 0 Å². The van der Waals surface area contributed by atoms with Gasteiger partial charge in [-0.05, 0) is 6.08 Å². The smallest absolute Gasteiger partial charge is 0.154 e. The Morgan fingerprint density at radius 3 is 3.50 bits per heavy atom. The summed E-state index contributed by atoms with van der Waals surface area (Å²) in [5.41, 5.74) is 0.730. The third kappa shape index (κ3) is 0.694. The monoisotopic (exact) mass is 132 g/mol. The molecule has 0 N–H and O–H groups in total. The Hall–Kier alpha value is -1.60. The largest absolute Gasteiger partial charge is 0.463 e. The van der Waals surface area contributed by atoms with Gasteiger partial charge in [0.2, 0.25) is 0 Å². The summed E-state index contributed by atoms with van der Waals surface area (Å²) in [6.07, 6.45) is 5.02. The van der Waals surface area contributed by atoms with Gasteiger partial charge < -0.3 is 4.42 Å². The molecule has 48 valence electrons. The van der Waals surface area contributed by atoms with Gasteiger partial charge in [0.1, 0.15) is 5.36 Å². The molecule has 1 aromatic heterocycles. The minimum absolute atomic E-state index is 0.730. The molecule has 2 rings (SSSR count). The average Bonchev–Trinajstić information content (AvgIpc) is 2.28. The molecule has 0 amide bonds. The van der Waals surface area contributed by atoms with Crippen molar-refractivity contribution in [3.63, 3.8) is 0 Å². The van der Waals surface area contributed by atoms with Gasteiger partial charge in [-0.15, -0.1) is 10.2 Å². The van der Waals surface area contributed by atoms with Crippen molar-refractivity contribution in [2.75, 3.05) is 0 Å². The van der Waals surface area contributed by atoms with E-state index in [1.165, 1.54) is 0 Å². The second kappa shape index (κ2) is 1.97. The van der Waals surface area contributed by atoms with Gasteiger partial charge in [0.15, 0.2) is 5.42 Å². The molecule has 0 unspecified atom stereocenters. The summed E-state index contributed by atoms with van der Waals surface area (Å²) in [6, 6.07) is 1.76. The van der Waals surface area contributed by atoms with Crippen LogP contribution in [0.3, 0.4) is 0 Å². The van der Waals surface area contributed by atoms with Gasteiger partial charge in [-0.1, -0.05) is 0 Å². The van der Waals surface area contributed by atoms with Crippen molar-refractivity contribution in [1.82, 2.24) is 0 Å². The highest BCUT2D eigenvalue weighted by Gasteiger charge is 1.88. The van der Waals surface area contributed by atoms with Crippen molar-refractivity contribution in [2.24, 2.45) is 10.2 Å². The molecule has 0 spiro atoms. The fourth-order valence-corrected chi connectivity index (χ4v) is 0.751. The summed E-state index contributed by atoms with van der Waals surface area (Å²) < 4.78 is 5.06. The highest BCUT2D eigenvalue weighted by molar-refractivity contribution is 5.62. The molecule has 1 aromatic rings. The van der Waals surface area contributed by atoms with Crippen molar-refractivity contribution in [1.29, 1.82) is 0 Å². The molecule has 2 heterocycles. The van der Waals surface area contributed by atoms with Crippen molar-refractivity contribution in [2.45, 2.75) is 0 Å². The van der Waals surface area contributed by atoms with Gasteiger partial charge in [0.25, 0.3) is 0 Å². The first kappa shape index (κ1) is 5.21. The molecule has 0 atom stereocenters. The number of hydrogen-bond donors (Lipinski definition) is 0. The van der Waals surface area contributed by atoms with Crippen molar-refractivity contribution < 1.29 is 4.42 Å². The maximum atomic E-state index is 5.06. The van der Waals surface area contributed by atoms with Crippen LogP contribution < -0.4 is 10.8 Å². The minimum atomic E-state index is 0.730. The van der Waals surface area contributed by atoms with E-state index in [2.05, 4.69) is 16.1 Å². The number of fused-ring (bicyclic) bond motifs is 1. The van der Waals surface area contributed by atoms with E-state index in [4.69, 9.17) is 4.42 Å². The van der Waals surface area contributed by atoms with E-state index in [-0.39, 0.29) is 0 Å². The predicted octanol–water partition coefficient (Wildman–Crippen LogP) is -0.166. The standard InChI is InChI=1S/C7H4N2O/c1-2-7-6(3-5-10-7)9-8-4-1/h1-3,5H. The van der Waals surface area contributed by atoms with E-state index in [0.717, 1.165) is 10.8 Å². The molecule has 3 nitrogen and oxygen atoms in total. The predicted molar refractivity (Wildman–Crippen MR) is 36.0 cm³/mol. The summed E-state index contributed by atoms with van der Waals surface area (Å²) in [5.74, 6) is 2.60. The van der Waals surface area contributed by atoms with Crippen molar-refractivity contribution in [3.05, 3.63) is 29.2 Å². The Morgan fingerprint density at radius 1 is 1.50 bits per heavy atom. The van der Waals surface area contributed by atoms with Crippen LogP contribution in [0, 0.1) is 0 Å². The Kier molecular flexibility index (Phi) is 1.03. The molecule has 0 aromatic carbocycles. The van der Waals surface area contributed by atoms with E-state index < -0.39 is 0 Å². The van der Waals surface area contributed by atoms with Crippen molar-refractivity contribution in [3.8, 4) is 0 Å². The van der Waals surface area contributed by atoms with E-state index in [1.54, 1.807) is 24.5 Å². The van der Waals surface area contributed by atoms with Gasteiger partial charge in [0.05, 0.1) is 6.26 Å². The normalized spacial score (nSPS) is 13.2. The second-order valence-electron chi connectivity index (χ2n) is 1.83. The van der Waals surface area contributed by atoms with Crippen molar-refractivity contribution >= 4 is 11.9 Å². The lowest BCUT2D eigenvalue weighted by molar-refractivity contribution is 0.529. The van der Waals surface area contributed by atoms with Gasteiger partial charge in [-0.25, -0.2) is 0 Å². The first-order valence-electron chi connectivity index (χ1n) is 2.87. The van der Waals surface area contributed by atoms with Crippen LogP contribution >= 0.6 is 0 Å². The molecule has 1 aliphatic rings. The lowest BCUT2D eigenvalue weighted by Gasteiger charge is -1.68. The third-order valence-corrected chi connectivity index (χ3v) is 1.20. The third-order valence-electron chi connectivity index (χ3n) is 1.20. The Balaban J connectivity index is 2.94. The minimum Gasteiger partial charge on any atom is -0.463 e. The molecule has 1 aliphatic heterocycles. The number of nitrogens with zero attached hydrogens (tertiary/aromatic N) is 2. The Morgan fingerprint density at radius 2 is 2.50 bits per heavy atom. The zero-order chi connectivity index (χ0) is 6.81. The molecular weight excluding hydrogens is 128 g/mol. The van der Waals surface area contributed by atoms with Gasteiger partial charge in [-0.3, -0.25) is 0 Å². The van der Waals surface area contributed by atoms with Gasteiger partial charge in [0, 0.05) is 18.0 Å². The van der Waals surface area contributed by atoms with Crippen LogP contribution in [0.15, 0.2) is 33.0 Å². The van der Waals surface area contributed by atoms with Crippen LogP contribution in [0.4, 0.5) is 0 Å². The first-order chi connectivity index (χ1) is 4.97. The molecule has 0 radical (unpaired) electrons. The summed E-state index contributed by atoms with van der Waals surface area (Å²) in [7, 11) is 0. The SMILES string of the molecule is C1=CC=c2occc2=NN=1. The fourth-order valence-electron chi connectivity index (χ4n) is 0.751. The highest BCUT2D eigenvalue weighted by atomic mass is 16.3. The van der Waals surface area contributed by atoms with Gasteiger partial charge >= 0.3 is 0 Å². The number of rotatable bonds is 0. The molecule has 0 bridgehead atoms. The first-order valence-corrected chi connectivity index (χ1v) is 2.87. The summed E-state index contributed by atoms with van der Waals surface area (Å²) in [4.78, 5) is 0. The summed E-state index contributed by atoms with van der Waals surface area (Å²) in [5, 5.41) is 8.17. The average molecular weight is 132 g/mol. The Labute approximate surface area is 56.7 Å². The zero-order valence-electron chi connectivity index (χ0n) is 5.11. The Bertz CT molecular complexity index is 373. The lowest BCUT2D eigenvalue weighted by Crippen LogP contribution is -2.17. The zero-order valence-corrected chi connectivity index (χ0v) is 5.11. The summed E-state index contributed by atoms with van der Waals surface area (Å²) in [6.45, 7) is 0. The van der Waals surface area contributed by atoms with Gasteiger partial charge in [-0.2, -0.15) is 0 Å². The summed E-state index contributed by atoms with van der Waals surface area (Å²) >= 11 is 0. The molecule has 0 saturated carbocycles. The molecule has 0 saturated heterocycles. The quantitative estimate of drug-likeness (QED) is 0.483. The molecule has 0 fully saturated rings. The van der Waals surface area contributed by atoms with Crippen LogP contribution in [-0.4, -0.2) is 5.87 Å². The van der Waals surface area contributed by atoms with Crippen LogP contribution in [0.25, 0.3) is 6.08 Å².